The van der Waals surface area contributed by atoms with E-state index in [4.69, 9.17) is 5.73 Å². The normalized spacial score (nSPS) is 23.4. The van der Waals surface area contributed by atoms with Crippen LogP contribution in [0.4, 0.5) is 0 Å². The Hall–Kier alpha value is -0.960. The second-order valence-electron chi connectivity index (χ2n) is 4.62. The van der Waals surface area contributed by atoms with Crippen molar-refractivity contribution in [2.45, 2.75) is 10.9 Å². The van der Waals surface area contributed by atoms with E-state index in [0.29, 0.717) is 19.6 Å². The molecule has 102 valence electrons. The molecule has 1 saturated heterocycles. The largest absolute Gasteiger partial charge is 0.329 e. The van der Waals surface area contributed by atoms with Crippen molar-refractivity contribution in [1.29, 1.82) is 0 Å². The Bertz CT molecular complexity index is 512. The number of hydrogen-bond acceptors (Lipinski definition) is 5. The van der Waals surface area contributed by atoms with Crippen LogP contribution in [0.3, 0.4) is 0 Å². The van der Waals surface area contributed by atoms with E-state index in [0.717, 1.165) is 6.54 Å². The number of sulfonamides is 1. The molecule has 2 N–H and O–H groups in total. The van der Waals surface area contributed by atoms with Gasteiger partial charge in [-0.15, -0.1) is 0 Å². The molecule has 0 amide bonds. The van der Waals surface area contributed by atoms with Gasteiger partial charge in [-0.1, -0.05) is 0 Å². The Balaban J connectivity index is 2.29. The molecule has 0 aromatic carbocycles. The summed E-state index contributed by atoms with van der Waals surface area (Å²) in [6, 6.07) is -0.172. The van der Waals surface area contributed by atoms with Gasteiger partial charge in [0, 0.05) is 39.4 Å². The highest BCUT2D eigenvalue weighted by Gasteiger charge is 2.34. The number of nitrogens with zero attached hydrogens (tertiary/aromatic N) is 4. The number of aryl methyl sites for hydroxylation is 1. The molecule has 1 aromatic rings. The molecule has 1 fully saturated rings. The molecule has 1 aliphatic rings. The van der Waals surface area contributed by atoms with Crippen molar-refractivity contribution < 1.29 is 8.42 Å². The zero-order chi connectivity index (χ0) is 13.3. The van der Waals surface area contributed by atoms with Crippen LogP contribution in [0, 0.1) is 0 Å². The maximum Gasteiger partial charge on any atom is 0.246 e. The van der Waals surface area contributed by atoms with Crippen molar-refractivity contribution in [2.75, 3.05) is 33.2 Å². The summed E-state index contributed by atoms with van der Waals surface area (Å²) in [4.78, 5) is 2.32. The predicted octanol–water partition coefficient (Wildman–Crippen LogP) is -1.32. The summed E-state index contributed by atoms with van der Waals surface area (Å²) in [6.07, 6.45) is 2.89. The third-order valence-corrected chi connectivity index (χ3v) is 5.10. The fraction of sp³-hybridized carbons (Fsp3) is 0.700. The molecule has 0 saturated carbocycles. The number of nitrogens with two attached hydrogens (primary N) is 1. The fourth-order valence-electron chi connectivity index (χ4n) is 2.17. The first-order valence-corrected chi connectivity index (χ1v) is 7.28. The number of aromatic nitrogens is 2. The molecule has 2 rings (SSSR count). The Morgan fingerprint density at radius 1 is 1.44 bits per heavy atom. The third kappa shape index (κ3) is 2.41. The van der Waals surface area contributed by atoms with Crippen LogP contribution < -0.4 is 5.73 Å². The summed E-state index contributed by atoms with van der Waals surface area (Å²) in [5.74, 6) is 0. The fourth-order valence-corrected chi connectivity index (χ4v) is 3.77. The summed E-state index contributed by atoms with van der Waals surface area (Å²) in [7, 11) is 0.184. The molecular weight excluding hydrogens is 254 g/mol. The minimum absolute atomic E-state index is 0.172. The Morgan fingerprint density at radius 2 is 2.17 bits per heavy atom. The average Bonchev–Trinajstić information content (AvgIpc) is 2.76. The van der Waals surface area contributed by atoms with E-state index in [2.05, 4.69) is 10.00 Å². The minimum Gasteiger partial charge on any atom is -0.329 e. The van der Waals surface area contributed by atoms with Crippen molar-refractivity contribution in [3.63, 3.8) is 0 Å². The quantitative estimate of drug-likeness (QED) is 0.738. The first-order chi connectivity index (χ1) is 8.45. The molecule has 2 heterocycles. The molecular formula is C10H19N5O2S. The summed E-state index contributed by atoms with van der Waals surface area (Å²) in [5.41, 5.74) is 5.68. The van der Waals surface area contributed by atoms with Crippen LogP contribution in [-0.2, 0) is 17.1 Å². The molecule has 0 radical (unpaired) electrons. The van der Waals surface area contributed by atoms with E-state index in [1.54, 1.807) is 7.05 Å². The molecule has 0 aliphatic carbocycles. The maximum absolute atomic E-state index is 12.5. The minimum atomic E-state index is -3.48. The third-order valence-electron chi connectivity index (χ3n) is 3.19. The number of likely N-dealkylation sites (N-methyl/N-ethyl adjacent to an activating group) is 1. The van der Waals surface area contributed by atoms with Crippen LogP contribution >= 0.6 is 0 Å². The van der Waals surface area contributed by atoms with Gasteiger partial charge in [0.2, 0.25) is 10.0 Å². The van der Waals surface area contributed by atoms with Crippen LogP contribution in [0.15, 0.2) is 17.3 Å². The monoisotopic (exact) mass is 273 g/mol. The van der Waals surface area contributed by atoms with E-state index in [1.807, 2.05) is 7.05 Å². The molecule has 8 heteroatoms. The molecule has 1 aromatic heterocycles. The topological polar surface area (TPSA) is 84.5 Å². The molecule has 1 unspecified atom stereocenters. The zero-order valence-electron chi connectivity index (χ0n) is 10.7. The molecule has 0 bridgehead atoms. The lowest BCUT2D eigenvalue weighted by molar-refractivity contribution is 0.164. The van der Waals surface area contributed by atoms with Crippen LogP contribution in [0.5, 0.6) is 0 Å². The van der Waals surface area contributed by atoms with Crippen LogP contribution in [0.2, 0.25) is 0 Å². The van der Waals surface area contributed by atoms with Crippen molar-refractivity contribution in [2.24, 2.45) is 12.8 Å². The van der Waals surface area contributed by atoms with E-state index in [1.165, 1.54) is 21.4 Å². The Kier molecular flexibility index (Phi) is 3.71. The highest BCUT2D eigenvalue weighted by Crippen LogP contribution is 2.19. The van der Waals surface area contributed by atoms with Gasteiger partial charge in [-0.3, -0.25) is 4.68 Å². The summed E-state index contributed by atoms with van der Waals surface area (Å²) >= 11 is 0. The van der Waals surface area contributed by atoms with Gasteiger partial charge in [0.05, 0.1) is 12.2 Å². The molecule has 7 nitrogen and oxygen atoms in total. The van der Waals surface area contributed by atoms with Crippen molar-refractivity contribution >= 4 is 10.0 Å². The SMILES string of the molecule is CN1CCN(S(=O)(=O)c2cnn(C)c2)C(CN)C1. The van der Waals surface area contributed by atoms with E-state index >= 15 is 0 Å². The van der Waals surface area contributed by atoms with Crippen LogP contribution in [0.25, 0.3) is 0 Å². The molecule has 1 atom stereocenters. The van der Waals surface area contributed by atoms with Gasteiger partial charge in [0.25, 0.3) is 0 Å². The molecule has 0 spiro atoms. The van der Waals surface area contributed by atoms with Gasteiger partial charge < -0.3 is 10.6 Å². The first kappa shape index (κ1) is 13.5. The predicted molar refractivity (Wildman–Crippen MR) is 67.4 cm³/mol. The first-order valence-electron chi connectivity index (χ1n) is 5.84. The second kappa shape index (κ2) is 4.96. The number of piperazine rings is 1. The molecule has 18 heavy (non-hydrogen) atoms. The average molecular weight is 273 g/mol. The van der Waals surface area contributed by atoms with Crippen LogP contribution in [-0.4, -0.2) is 66.7 Å². The van der Waals surface area contributed by atoms with Crippen LogP contribution in [0.1, 0.15) is 0 Å². The Morgan fingerprint density at radius 3 is 2.72 bits per heavy atom. The van der Waals surface area contributed by atoms with Crippen molar-refractivity contribution in [3.8, 4) is 0 Å². The number of rotatable bonds is 3. The van der Waals surface area contributed by atoms with Gasteiger partial charge in [-0.25, -0.2) is 8.42 Å². The summed E-state index contributed by atoms with van der Waals surface area (Å²) in [6.45, 7) is 2.17. The van der Waals surface area contributed by atoms with Crippen molar-refractivity contribution in [1.82, 2.24) is 19.0 Å². The highest BCUT2D eigenvalue weighted by atomic mass is 32.2. The van der Waals surface area contributed by atoms with E-state index in [9.17, 15) is 8.42 Å². The van der Waals surface area contributed by atoms with Gasteiger partial charge in [-0.05, 0) is 7.05 Å². The smallest absolute Gasteiger partial charge is 0.246 e. The maximum atomic E-state index is 12.5. The summed E-state index contributed by atoms with van der Waals surface area (Å²) in [5, 5.41) is 3.91. The Labute approximate surface area is 107 Å². The standard InChI is InChI=1S/C10H19N5O2S/c1-13-3-4-15(9(5-11)7-13)18(16,17)10-6-12-14(2)8-10/h6,8-9H,3-5,7,11H2,1-2H3. The highest BCUT2D eigenvalue weighted by molar-refractivity contribution is 7.89. The lowest BCUT2D eigenvalue weighted by Gasteiger charge is -2.38. The van der Waals surface area contributed by atoms with E-state index in [-0.39, 0.29) is 10.9 Å². The van der Waals surface area contributed by atoms with Gasteiger partial charge in [0.15, 0.2) is 0 Å². The lowest BCUT2D eigenvalue weighted by Crippen LogP contribution is -2.56. The zero-order valence-corrected chi connectivity index (χ0v) is 11.5. The lowest BCUT2D eigenvalue weighted by atomic mass is 10.2. The van der Waals surface area contributed by atoms with Crippen molar-refractivity contribution in [3.05, 3.63) is 12.4 Å². The molecule has 1 aliphatic heterocycles. The van der Waals surface area contributed by atoms with Gasteiger partial charge in [0.1, 0.15) is 4.90 Å². The van der Waals surface area contributed by atoms with Gasteiger partial charge >= 0.3 is 0 Å². The second-order valence-corrected chi connectivity index (χ2v) is 6.51. The van der Waals surface area contributed by atoms with Gasteiger partial charge in [-0.2, -0.15) is 9.40 Å². The summed E-state index contributed by atoms with van der Waals surface area (Å²) < 4.78 is 27.9. The van der Waals surface area contributed by atoms with E-state index < -0.39 is 10.0 Å². The number of hydrogen-bond donors (Lipinski definition) is 1.